The van der Waals surface area contributed by atoms with Crippen LogP contribution >= 0.6 is 0 Å². The van der Waals surface area contributed by atoms with E-state index in [0.717, 1.165) is 25.7 Å². The first-order valence-corrected chi connectivity index (χ1v) is 15.2. The Hall–Kier alpha value is -0.610. The summed E-state index contributed by atoms with van der Waals surface area (Å²) in [5.41, 5.74) is 0. The molecule has 0 bridgehead atoms. The highest BCUT2D eigenvalue weighted by molar-refractivity contribution is 5.76. The zero-order chi connectivity index (χ0) is 25.1. The van der Waals surface area contributed by atoms with Crippen molar-refractivity contribution in [3.8, 4) is 0 Å². The van der Waals surface area contributed by atoms with Crippen LogP contribution in [0.5, 0.6) is 0 Å². The number of aliphatic hydroxyl groups excluding tert-OH is 2. The fourth-order valence-electron chi connectivity index (χ4n) is 4.71. The summed E-state index contributed by atoms with van der Waals surface area (Å²) in [5.74, 6) is -0.0357. The van der Waals surface area contributed by atoms with Crippen LogP contribution in [0.1, 0.15) is 168 Å². The molecule has 4 heteroatoms. The third-order valence-corrected chi connectivity index (χ3v) is 7.12. The lowest BCUT2D eigenvalue weighted by atomic mass is 10.0. The monoisotopic (exact) mass is 483 g/mol. The van der Waals surface area contributed by atoms with Crippen LogP contribution < -0.4 is 5.32 Å². The van der Waals surface area contributed by atoms with Crippen molar-refractivity contribution in [1.29, 1.82) is 0 Å². The average molecular weight is 484 g/mol. The average Bonchev–Trinajstić information content (AvgIpc) is 2.84. The zero-order valence-corrected chi connectivity index (χ0v) is 23.1. The fraction of sp³-hybridized carbons (Fsp3) is 0.967. The van der Waals surface area contributed by atoms with Crippen molar-refractivity contribution in [1.82, 2.24) is 5.32 Å². The number of hydrogen-bond acceptors (Lipinski definition) is 3. The Balaban J connectivity index is 3.58. The molecule has 0 saturated heterocycles. The van der Waals surface area contributed by atoms with Gasteiger partial charge in [0.25, 0.3) is 0 Å². The summed E-state index contributed by atoms with van der Waals surface area (Å²) < 4.78 is 0. The van der Waals surface area contributed by atoms with Crippen LogP contribution in [0.3, 0.4) is 0 Å². The first kappa shape index (κ1) is 33.4. The molecule has 0 aliphatic heterocycles. The Morgan fingerprint density at radius 2 is 0.941 bits per heavy atom. The second kappa shape index (κ2) is 27.0. The predicted octanol–water partition coefficient (Wildman–Crippen LogP) is 8.23. The largest absolute Gasteiger partial charge is 0.394 e. The molecule has 0 aliphatic rings. The molecule has 0 heterocycles. The second-order valence-electron chi connectivity index (χ2n) is 10.5. The molecule has 0 aromatic carbocycles. The van der Waals surface area contributed by atoms with E-state index in [1.165, 1.54) is 116 Å². The number of amides is 1. The van der Waals surface area contributed by atoms with E-state index in [0.29, 0.717) is 12.8 Å². The molecule has 4 nitrogen and oxygen atoms in total. The minimum atomic E-state index is -0.648. The lowest BCUT2D eigenvalue weighted by Gasteiger charge is -2.22. The third kappa shape index (κ3) is 23.1. The van der Waals surface area contributed by atoms with Gasteiger partial charge in [0.05, 0.1) is 18.8 Å². The van der Waals surface area contributed by atoms with Gasteiger partial charge >= 0.3 is 0 Å². The summed E-state index contributed by atoms with van der Waals surface area (Å²) in [6, 6.07) is -0.525. The normalized spacial score (nSPS) is 13.2. The van der Waals surface area contributed by atoms with Crippen LogP contribution in [0.15, 0.2) is 0 Å². The van der Waals surface area contributed by atoms with E-state index < -0.39 is 12.1 Å². The molecule has 204 valence electrons. The highest BCUT2D eigenvalue weighted by Crippen LogP contribution is 2.14. The molecule has 0 aromatic heterocycles. The standard InChI is InChI=1S/C30H61NO3/c1-3-5-7-9-11-13-14-15-16-18-19-21-23-25-29(33)28(27-32)31-30(34)26-24-22-20-17-12-10-8-6-4-2/h28-29,32-33H,3-27H2,1-2H3,(H,31,34). The summed E-state index contributed by atoms with van der Waals surface area (Å²) in [6.07, 6.45) is 28.6. The molecule has 0 radical (unpaired) electrons. The summed E-state index contributed by atoms with van der Waals surface area (Å²) in [5, 5.41) is 22.8. The fourth-order valence-corrected chi connectivity index (χ4v) is 4.71. The molecule has 0 spiro atoms. The third-order valence-electron chi connectivity index (χ3n) is 7.12. The second-order valence-corrected chi connectivity index (χ2v) is 10.5. The first-order valence-electron chi connectivity index (χ1n) is 15.2. The summed E-state index contributed by atoms with van der Waals surface area (Å²) in [4.78, 5) is 12.2. The van der Waals surface area contributed by atoms with Crippen molar-refractivity contribution in [2.75, 3.05) is 6.61 Å². The Morgan fingerprint density at radius 3 is 1.32 bits per heavy atom. The lowest BCUT2D eigenvalue weighted by Crippen LogP contribution is -2.45. The van der Waals surface area contributed by atoms with Gasteiger partial charge in [-0.2, -0.15) is 0 Å². The molecule has 2 unspecified atom stereocenters. The Labute approximate surface area is 213 Å². The van der Waals surface area contributed by atoms with Crippen LogP contribution in [0.2, 0.25) is 0 Å². The number of rotatable bonds is 27. The summed E-state index contributed by atoms with van der Waals surface area (Å²) in [7, 11) is 0. The van der Waals surface area contributed by atoms with Gasteiger partial charge in [-0.15, -0.1) is 0 Å². The molecule has 0 fully saturated rings. The van der Waals surface area contributed by atoms with Gasteiger partial charge in [0, 0.05) is 6.42 Å². The molecule has 0 saturated carbocycles. The van der Waals surface area contributed by atoms with Crippen molar-refractivity contribution < 1.29 is 15.0 Å². The number of carbonyl (C=O) groups is 1. The number of carbonyl (C=O) groups excluding carboxylic acids is 1. The van der Waals surface area contributed by atoms with Crippen molar-refractivity contribution in [3.05, 3.63) is 0 Å². The molecular formula is C30H61NO3. The smallest absolute Gasteiger partial charge is 0.220 e. The SMILES string of the molecule is CCCCCCCCCCCCCCCC(O)C(CO)NC(=O)CCCCCCCCCCC. The molecular weight excluding hydrogens is 422 g/mol. The summed E-state index contributed by atoms with van der Waals surface area (Å²) >= 11 is 0. The Kier molecular flexibility index (Phi) is 26.5. The van der Waals surface area contributed by atoms with E-state index in [1.807, 2.05) is 0 Å². The van der Waals surface area contributed by atoms with E-state index in [2.05, 4.69) is 19.2 Å². The predicted molar refractivity (Wildman–Crippen MR) is 147 cm³/mol. The molecule has 0 rings (SSSR count). The van der Waals surface area contributed by atoms with E-state index in [1.54, 1.807) is 0 Å². The van der Waals surface area contributed by atoms with Gasteiger partial charge in [-0.25, -0.2) is 0 Å². The molecule has 34 heavy (non-hydrogen) atoms. The van der Waals surface area contributed by atoms with E-state index in [9.17, 15) is 15.0 Å². The zero-order valence-electron chi connectivity index (χ0n) is 23.1. The molecule has 0 aliphatic carbocycles. The maximum atomic E-state index is 12.2. The minimum absolute atomic E-state index is 0.0357. The number of unbranched alkanes of at least 4 members (excludes halogenated alkanes) is 20. The number of hydrogen-bond donors (Lipinski definition) is 3. The highest BCUT2D eigenvalue weighted by atomic mass is 16.3. The van der Waals surface area contributed by atoms with Crippen molar-refractivity contribution >= 4 is 5.91 Å². The van der Waals surface area contributed by atoms with Crippen LogP contribution in [0.4, 0.5) is 0 Å². The van der Waals surface area contributed by atoms with Gasteiger partial charge in [-0.05, 0) is 12.8 Å². The van der Waals surface area contributed by atoms with Gasteiger partial charge in [-0.3, -0.25) is 4.79 Å². The minimum Gasteiger partial charge on any atom is -0.394 e. The molecule has 1 amide bonds. The van der Waals surface area contributed by atoms with Crippen molar-refractivity contribution in [2.45, 2.75) is 180 Å². The lowest BCUT2D eigenvalue weighted by molar-refractivity contribution is -0.123. The number of nitrogens with one attached hydrogen (secondary N) is 1. The van der Waals surface area contributed by atoms with E-state index >= 15 is 0 Å². The van der Waals surface area contributed by atoms with Crippen LogP contribution in [0, 0.1) is 0 Å². The maximum Gasteiger partial charge on any atom is 0.220 e. The van der Waals surface area contributed by atoms with Crippen molar-refractivity contribution in [2.24, 2.45) is 0 Å². The van der Waals surface area contributed by atoms with Crippen molar-refractivity contribution in [3.63, 3.8) is 0 Å². The van der Waals surface area contributed by atoms with Gasteiger partial charge < -0.3 is 15.5 Å². The quantitative estimate of drug-likeness (QED) is 0.103. The van der Waals surface area contributed by atoms with Crippen LogP contribution in [0.25, 0.3) is 0 Å². The molecule has 3 N–H and O–H groups in total. The number of aliphatic hydroxyl groups is 2. The molecule has 2 atom stereocenters. The Bertz CT molecular complexity index is 416. The van der Waals surface area contributed by atoms with Crippen LogP contribution in [-0.2, 0) is 4.79 Å². The Morgan fingerprint density at radius 1 is 0.588 bits per heavy atom. The van der Waals surface area contributed by atoms with E-state index in [4.69, 9.17) is 0 Å². The maximum absolute atomic E-state index is 12.2. The molecule has 0 aromatic rings. The van der Waals surface area contributed by atoms with E-state index in [-0.39, 0.29) is 12.5 Å². The topological polar surface area (TPSA) is 69.6 Å². The van der Waals surface area contributed by atoms with Gasteiger partial charge in [-0.1, -0.05) is 149 Å². The van der Waals surface area contributed by atoms with Crippen LogP contribution in [-0.4, -0.2) is 34.9 Å². The van der Waals surface area contributed by atoms with Gasteiger partial charge in [0.15, 0.2) is 0 Å². The highest BCUT2D eigenvalue weighted by Gasteiger charge is 2.19. The summed E-state index contributed by atoms with van der Waals surface area (Å²) in [6.45, 7) is 4.32. The van der Waals surface area contributed by atoms with Gasteiger partial charge in [0.1, 0.15) is 0 Å². The van der Waals surface area contributed by atoms with Gasteiger partial charge in [0.2, 0.25) is 5.91 Å². The first-order chi connectivity index (χ1) is 16.7.